The molecule has 0 bridgehead atoms. The number of amides is 1. The molecular weight excluding hydrogens is 490 g/mol. The molecule has 9 nitrogen and oxygen atoms in total. The van der Waals surface area contributed by atoms with E-state index >= 15 is 0 Å². The molecule has 0 atom stereocenters. The van der Waals surface area contributed by atoms with Crippen LogP contribution in [-0.2, 0) is 11.2 Å². The van der Waals surface area contributed by atoms with E-state index in [1.165, 1.54) is 0 Å². The summed E-state index contributed by atoms with van der Waals surface area (Å²) in [4.78, 5) is 19.7. The molecule has 0 unspecified atom stereocenters. The third-order valence-electron chi connectivity index (χ3n) is 6.48. The Kier molecular flexibility index (Phi) is 7.65. The molecule has 4 aromatic rings. The Morgan fingerprint density at radius 1 is 1.11 bits per heavy atom. The molecule has 1 aromatic carbocycles. The first-order chi connectivity index (χ1) is 18.1. The van der Waals surface area contributed by atoms with Crippen LogP contribution >= 0.6 is 11.3 Å². The molecule has 1 amide bonds. The Morgan fingerprint density at radius 2 is 1.95 bits per heavy atom. The Bertz CT molecular complexity index is 1320. The van der Waals surface area contributed by atoms with E-state index in [0.717, 1.165) is 48.0 Å². The number of carbonyl (C=O) groups is 1. The number of nitrogens with zero attached hydrogens (tertiary/aromatic N) is 4. The highest BCUT2D eigenvalue weighted by Crippen LogP contribution is 2.33. The number of furan rings is 1. The van der Waals surface area contributed by atoms with Gasteiger partial charge in [0.05, 0.1) is 26.2 Å². The number of methoxy groups -OCH3 is 2. The van der Waals surface area contributed by atoms with E-state index in [4.69, 9.17) is 18.9 Å². The van der Waals surface area contributed by atoms with Crippen LogP contribution in [0.2, 0.25) is 0 Å². The highest BCUT2D eigenvalue weighted by atomic mass is 32.1. The van der Waals surface area contributed by atoms with Gasteiger partial charge in [-0.1, -0.05) is 0 Å². The fraction of sp³-hybridized carbons (Fsp3) is 0.333. The van der Waals surface area contributed by atoms with Gasteiger partial charge in [0, 0.05) is 42.9 Å². The quantitative estimate of drug-likeness (QED) is 0.346. The number of carbonyl (C=O) groups excluding carboxylic acids is 1. The average Bonchev–Trinajstić information content (AvgIpc) is 3.66. The fourth-order valence-corrected chi connectivity index (χ4v) is 5.25. The number of ether oxygens (including phenoxy) is 2. The minimum absolute atomic E-state index is 0.00404. The lowest BCUT2D eigenvalue weighted by Crippen LogP contribution is -2.41. The highest BCUT2D eigenvalue weighted by Gasteiger charge is 2.25. The Hall–Kier alpha value is -3.92. The van der Waals surface area contributed by atoms with Crippen LogP contribution in [0.3, 0.4) is 0 Å². The van der Waals surface area contributed by atoms with Gasteiger partial charge < -0.3 is 24.1 Å². The Morgan fingerprint density at radius 3 is 2.65 bits per heavy atom. The zero-order valence-electron chi connectivity index (χ0n) is 20.8. The van der Waals surface area contributed by atoms with Gasteiger partial charge >= 0.3 is 0 Å². The molecule has 37 heavy (non-hydrogen) atoms. The molecule has 4 heterocycles. The van der Waals surface area contributed by atoms with Crippen molar-refractivity contribution in [3.05, 3.63) is 59.8 Å². The van der Waals surface area contributed by atoms with Gasteiger partial charge in [0.2, 0.25) is 5.91 Å². The molecular formula is C27H29N5O4S. The van der Waals surface area contributed by atoms with Crippen molar-refractivity contribution in [2.24, 2.45) is 5.92 Å². The van der Waals surface area contributed by atoms with Crippen molar-refractivity contribution < 1.29 is 18.7 Å². The maximum atomic E-state index is 12.8. The van der Waals surface area contributed by atoms with E-state index < -0.39 is 0 Å². The van der Waals surface area contributed by atoms with E-state index in [9.17, 15) is 4.79 Å². The SMILES string of the molecule is COc1ccc(-c2nc(CCNC(=O)C3CCN(c4ccc(-c5ccco5)nn4)CC3)cs2)cc1OC. The average molecular weight is 520 g/mol. The fourth-order valence-electron chi connectivity index (χ4n) is 4.40. The number of piperidine rings is 1. The summed E-state index contributed by atoms with van der Waals surface area (Å²) in [5, 5.41) is 14.7. The third-order valence-corrected chi connectivity index (χ3v) is 7.42. The summed E-state index contributed by atoms with van der Waals surface area (Å²) < 4.78 is 16.1. The first-order valence-corrected chi connectivity index (χ1v) is 13.1. The third kappa shape index (κ3) is 5.75. The summed E-state index contributed by atoms with van der Waals surface area (Å²) in [6, 6.07) is 13.3. The predicted octanol–water partition coefficient (Wildman–Crippen LogP) is 4.45. The van der Waals surface area contributed by atoms with Crippen molar-refractivity contribution in [3.63, 3.8) is 0 Å². The first kappa shape index (κ1) is 24.8. The van der Waals surface area contributed by atoms with Crippen LogP contribution in [-0.4, -0.2) is 54.9 Å². The Balaban J connectivity index is 1.08. The van der Waals surface area contributed by atoms with Crippen molar-refractivity contribution in [2.45, 2.75) is 19.3 Å². The summed E-state index contributed by atoms with van der Waals surface area (Å²) in [7, 11) is 3.24. The van der Waals surface area contributed by atoms with Crippen LogP contribution in [0.5, 0.6) is 11.5 Å². The van der Waals surface area contributed by atoms with E-state index in [1.54, 1.807) is 31.8 Å². The van der Waals surface area contributed by atoms with Crippen LogP contribution < -0.4 is 19.7 Å². The van der Waals surface area contributed by atoms with E-state index in [1.807, 2.05) is 47.8 Å². The van der Waals surface area contributed by atoms with Gasteiger partial charge in [0.15, 0.2) is 23.1 Å². The Labute approximate surface area is 219 Å². The first-order valence-electron chi connectivity index (χ1n) is 12.2. The molecule has 0 spiro atoms. The van der Waals surface area contributed by atoms with E-state index in [2.05, 4.69) is 20.4 Å². The van der Waals surface area contributed by atoms with Crippen molar-refractivity contribution >= 4 is 23.1 Å². The number of anilines is 1. The van der Waals surface area contributed by atoms with Crippen molar-refractivity contribution in [1.29, 1.82) is 0 Å². The van der Waals surface area contributed by atoms with Gasteiger partial charge in [0.1, 0.15) is 10.7 Å². The van der Waals surface area contributed by atoms with Gasteiger partial charge in [-0.05, 0) is 55.3 Å². The lowest BCUT2D eigenvalue weighted by Gasteiger charge is -2.31. The van der Waals surface area contributed by atoms with Crippen LogP contribution in [0, 0.1) is 5.92 Å². The van der Waals surface area contributed by atoms with Gasteiger partial charge in [0.25, 0.3) is 0 Å². The number of aromatic nitrogens is 3. The van der Waals surface area contributed by atoms with Gasteiger partial charge in [-0.15, -0.1) is 21.5 Å². The number of hydrogen-bond acceptors (Lipinski definition) is 9. The largest absolute Gasteiger partial charge is 0.493 e. The van der Waals surface area contributed by atoms with Crippen molar-refractivity contribution in [3.8, 4) is 33.5 Å². The second kappa shape index (κ2) is 11.4. The second-order valence-corrected chi connectivity index (χ2v) is 9.63. The number of benzene rings is 1. The summed E-state index contributed by atoms with van der Waals surface area (Å²) in [6.07, 6.45) is 3.88. The summed E-state index contributed by atoms with van der Waals surface area (Å²) in [5.41, 5.74) is 2.64. The minimum atomic E-state index is 0.00404. The van der Waals surface area contributed by atoms with Gasteiger partial charge in [-0.3, -0.25) is 4.79 Å². The normalized spacial score (nSPS) is 13.9. The molecule has 1 N–H and O–H groups in total. The smallest absolute Gasteiger partial charge is 0.223 e. The maximum Gasteiger partial charge on any atom is 0.223 e. The number of thiazole rings is 1. The summed E-state index contributed by atoms with van der Waals surface area (Å²) in [5.74, 6) is 2.99. The minimum Gasteiger partial charge on any atom is -0.493 e. The van der Waals surface area contributed by atoms with E-state index in [-0.39, 0.29) is 11.8 Å². The van der Waals surface area contributed by atoms with Crippen molar-refractivity contribution in [2.75, 3.05) is 38.8 Å². The van der Waals surface area contributed by atoms with Crippen LogP contribution in [0.1, 0.15) is 18.5 Å². The standard InChI is InChI=1S/C27H29N5O4S/c1-34-23-7-5-19(16-24(23)35-2)27-29-20(17-37-27)9-12-28-26(33)18-10-13-32(14-11-18)25-8-6-21(30-31-25)22-4-3-15-36-22/h3-8,15-18H,9-14H2,1-2H3,(H,28,33). The topological polar surface area (TPSA) is 103 Å². The zero-order chi connectivity index (χ0) is 25.6. The summed E-state index contributed by atoms with van der Waals surface area (Å²) >= 11 is 1.58. The predicted molar refractivity (Wildman–Crippen MR) is 142 cm³/mol. The van der Waals surface area contributed by atoms with Crippen LogP contribution in [0.4, 0.5) is 5.82 Å². The molecule has 3 aromatic heterocycles. The molecule has 1 aliphatic rings. The number of hydrogen-bond donors (Lipinski definition) is 1. The highest BCUT2D eigenvalue weighted by molar-refractivity contribution is 7.13. The molecule has 5 rings (SSSR count). The van der Waals surface area contributed by atoms with Gasteiger partial charge in [-0.25, -0.2) is 4.98 Å². The van der Waals surface area contributed by atoms with Crippen LogP contribution in [0.15, 0.2) is 58.5 Å². The molecule has 192 valence electrons. The monoisotopic (exact) mass is 519 g/mol. The molecule has 1 aliphatic heterocycles. The second-order valence-electron chi connectivity index (χ2n) is 8.77. The van der Waals surface area contributed by atoms with Crippen LogP contribution in [0.25, 0.3) is 22.0 Å². The maximum absolute atomic E-state index is 12.8. The molecule has 0 saturated carbocycles. The summed E-state index contributed by atoms with van der Waals surface area (Å²) in [6.45, 7) is 2.11. The molecule has 1 saturated heterocycles. The van der Waals surface area contributed by atoms with Crippen molar-refractivity contribution in [1.82, 2.24) is 20.5 Å². The molecule has 1 fully saturated rings. The zero-order valence-corrected chi connectivity index (χ0v) is 21.7. The number of nitrogens with one attached hydrogen (secondary N) is 1. The molecule has 10 heteroatoms. The molecule has 0 radical (unpaired) electrons. The molecule has 0 aliphatic carbocycles. The lowest BCUT2D eigenvalue weighted by molar-refractivity contribution is -0.125. The number of rotatable bonds is 9. The van der Waals surface area contributed by atoms with Gasteiger partial charge in [-0.2, -0.15) is 0 Å². The lowest BCUT2D eigenvalue weighted by atomic mass is 9.96. The van der Waals surface area contributed by atoms with E-state index in [0.29, 0.717) is 35.9 Å².